The maximum atomic E-state index is 11.6. The first-order valence-electron chi connectivity index (χ1n) is 14.9. The Morgan fingerprint density at radius 2 is 1.36 bits per heavy atom. The van der Waals surface area contributed by atoms with Crippen LogP contribution in [-0.4, -0.2) is 38.2 Å². The molecule has 10 heteroatoms. The second-order valence-corrected chi connectivity index (χ2v) is 13.7. The van der Waals surface area contributed by atoms with Gasteiger partial charge in [0.05, 0.1) is 0 Å². The molecule has 0 radical (unpaired) electrons. The van der Waals surface area contributed by atoms with Gasteiger partial charge in [-0.1, -0.05) is 58.5 Å². The molecular weight excluding hydrogens is 616 g/mol. The third-order valence-electron chi connectivity index (χ3n) is 9.52. The van der Waals surface area contributed by atoms with Gasteiger partial charge in [0.2, 0.25) is 0 Å². The molecule has 1 spiro atoms. The average molecular weight is 654 g/mol. The van der Waals surface area contributed by atoms with E-state index in [1.54, 1.807) is 0 Å². The quantitative estimate of drug-likeness (QED) is 0.170. The summed E-state index contributed by atoms with van der Waals surface area (Å²) in [4.78, 5) is 38.3. The van der Waals surface area contributed by atoms with Crippen molar-refractivity contribution in [2.75, 3.05) is 0 Å². The van der Waals surface area contributed by atoms with E-state index in [-0.39, 0.29) is 40.7 Å². The summed E-state index contributed by atoms with van der Waals surface area (Å²) in [5, 5.41) is 28.0. The minimum atomic E-state index is -0.871. The van der Waals surface area contributed by atoms with Gasteiger partial charge in [-0.05, 0) is 77.3 Å². The maximum absolute atomic E-state index is 11.6. The van der Waals surface area contributed by atoms with Crippen molar-refractivity contribution in [2.45, 2.75) is 89.7 Å². The van der Waals surface area contributed by atoms with Gasteiger partial charge in [-0.3, -0.25) is 9.59 Å². The number of rotatable bonds is 7. The van der Waals surface area contributed by atoms with E-state index in [0.29, 0.717) is 29.1 Å². The van der Waals surface area contributed by atoms with E-state index in [1.165, 1.54) is 22.9 Å². The SMILES string of the molecule is CCc1c(C)/c2[n-]/c1=C\C1=C(C)[C@]3([SH+][C@H]3C)C(/C=c3\[n-]/c(c(CCC(=O)O)c3C)=C\c3[n-]c(c(C)c3CCC(=O)O)\C=2)[N-]1.[Fe+4]. The number of carboxylic acids is 2. The van der Waals surface area contributed by atoms with Crippen LogP contribution < -0.4 is 36.3 Å². The summed E-state index contributed by atoms with van der Waals surface area (Å²) in [7, 11) is 0. The molecule has 3 aromatic heterocycles. The Balaban J connectivity index is 0.00000384. The number of hydrogen-bond acceptors (Lipinski definition) is 2. The second-order valence-electron chi connectivity index (χ2n) is 11.9. The number of aromatic nitrogens is 3. The Hall–Kier alpha value is -3.33. The summed E-state index contributed by atoms with van der Waals surface area (Å²) in [6.45, 7) is 12.7. The molecule has 3 aliphatic rings. The van der Waals surface area contributed by atoms with Crippen molar-refractivity contribution >= 4 is 48.0 Å². The number of carbonyl (C=O) groups is 2. The number of fused-ring (bicyclic) bond motifs is 9. The molecule has 1 unspecified atom stereocenters. The first kappa shape index (κ1) is 32.1. The average Bonchev–Trinajstić information content (AvgIpc) is 3.09. The molecule has 0 saturated carbocycles. The monoisotopic (exact) mass is 653 g/mol. The Labute approximate surface area is 271 Å². The zero-order chi connectivity index (χ0) is 30.8. The molecule has 0 aliphatic carbocycles. The van der Waals surface area contributed by atoms with Gasteiger partial charge >= 0.3 is 29.0 Å². The number of carboxylic acid groups (broad SMARTS) is 2. The summed E-state index contributed by atoms with van der Waals surface area (Å²) in [6, 6.07) is -0.0821. The third kappa shape index (κ3) is 5.31. The fourth-order valence-corrected chi connectivity index (χ4v) is 8.37. The molecule has 230 valence electrons. The fraction of sp³-hybridized carbons (Fsp3) is 0.412. The Morgan fingerprint density at radius 1 is 0.795 bits per heavy atom. The fourth-order valence-electron chi connectivity index (χ4n) is 6.86. The molecule has 2 N–H and O–H groups in total. The topological polar surface area (TPSA) is 131 Å². The van der Waals surface area contributed by atoms with Crippen LogP contribution in [0.1, 0.15) is 78.4 Å². The minimum Gasteiger partial charge on any atom is -0.674 e. The summed E-state index contributed by atoms with van der Waals surface area (Å²) < 4.78 is -0.0674. The van der Waals surface area contributed by atoms with Crippen LogP contribution >= 0.6 is 0 Å². The zero-order valence-corrected chi connectivity index (χ0v) is 27.8. The van der Waals surface area contributed by atoms with Crippen molar-refractivity contribution in [3.8, 4) is 0 Å². The second kappa shape index (κ2) is 11.9. The van der Waals surface area contributed by atoms with Crippen molar-refractivity contribution in [3.05, 3.63) is 82.8 Å². The number of hydrogen-bond donors (Lipinski definition) is 2. The Bertz CT molecular complexity index is 1960. The first-order valence-corrected chi connectivity index (χ1v) is 15.9. The predicted molar refractivity (Wildman–Crippen MR) is 170 cm³/mol. The summed E-state index contributed by atoms with van der Waals surface area (Å²) >= 11 is 1.35. The van der Waals surface area contributed by atoms with Crippen molar-refractivity contribution in [2.24, 2.45) is 0 Å². The molecule has 0 aromatic carbocycles. The van der Waals surface area contributed by atoms with E-state index >= 15 is 0 Å². The summed E-state index contributed by atoms with van der Waals surface area (Å²) in [5.74, 6) is -1.74. The molecule has 8 nitrogen and oxygen atoms in total. The molecule has 8 bridgehead atoms. The zero-order valence-electron chi connectivity index (χ0n) is 25.8. The summed E-state index contributed by atoms with van der Waals surface area (Å²) in [6.07, 6.45) is 9.69. The van der Waals surface area contributed by atoms with Crippen LogP contribution in [0.3, 0.4) is 0 Å². The molecule has 3 aliphatic heterocycles. The number of nitrogens with zero attached hydrogens (tertiary/aromatic N) is 4. The molecule has 6 rings (SSSR count). The Kier molecular flexibility index (Phi) is 8.66. The predicted octanol–water partition coefficient (Wildman–Crippen LogP) is 1.30. The molecular formula is C34H37FeN4O4S+. The van der Waals surface area contributed by atoms with E-state index in [4.69, 9.17) is 20.3 Å². The van der Waals surface area contributed by atoms with Crippen molar-refractivity contribution in [1.82, 2.24) is 15.0 Å². The van der Waals surface area contributed by atoms with E-state index < -0.39 is 11.9 Å². The number of aliphatic carboxylic acids is 2. The normalized spacial score (nSPS) is 24.6. The van der Waals surface area contributed by atoms with Crippen molar-refractivity contribution in [3.63, 3.8) is 0 Å². The van der Waals surface area contributed by atoms with Gasteiger partial charge in [0.15, 0.2) is 10.00 Å². The van der Waals surface area contributed by atoms with Crippen LogP contribution in [0.15, 0.2) is 11.3 Å². The van der Waals surface area contributed by atoms with Crippen molar-refractivity contribution in [1.29, 1.82) is 0 Å². The first-order chi connectivity index (χ1) is 20.4. The van der Waals surface area contributed by atoms with Gasteiger partial charge in [-0.15, -0.1) is 44.6 Å². The van der Waals surface area contributed by atoms with Gasteiger partial charge < -0.3 is 30.5 Å². The molecule has 0 amide bonds. The van der Waals surface area contributed by atoms with Gasteiger partial charge in [0, 0.05) is 12.8 Å². The van der Waals surface area contributed by atoms with Gasteiger partial charge in [-0.25, -0.2) is 0 Å². The maximum Gasteiger partial charge on any atom is 4.00 e. The van der Waals surface area contributed by atoms with E-state index in [1.807, 2.05) is 26.0 Å². The molecule has 1 fully saturated rings. The molecule has 44 heavy (non-hydrogen) atoms. The van der Waals surface area contributed by atoms with Crippen LogP contribution in [-0.2, 0) is 57.7 Å². The van der Waals surface area contributed by atoms with E-state index in [2.05, 4.69) is 39.8 Å². The molecule has 6 heterocycles. The van der Waals surface area contributed by atoms with Crippen molar-refractivity contribution < 1.29 is 36.9 Å². The van der Waals surface area contributed by atoms with Crippen LogP contribution in [0.4, 0.5) is 0 Å². The standard InChI is InChI=1S/C34H36N4O4S.Fe/c1-7-21-16(2)24-12-25-17(3)22(8-10-32(39)40)29(36-25)14-30-23(9-11-33(41)42)18(4)26(37-30)15-31-34(20(6)43-34)19(5)27(38-31)13-28(21)35-24;/h12-15,20,31H,7-11H2,1-6H3,(H,39,40)(H,41,42);/q-4;+4/p+1/b24-12-,26-15-,28-13-,30-14-;/t20-,31?,34+;/m0./s1. The Morgan fingerprint density at radius 3 is 1.98 bits per heavy atom. The summed E-state index contributed by atoms with van der Waals surface area (Å²) in [5.41, 5.74) is 9.59. The molecule has 3 aromatic rings. The van der Waals surface area contributed by atoms with Crippen LogP contribution in [0.5, 0.6) is 0 Å². The van der Waals surface area contributed by atoms with E-state index in [0.717, 1.165) is 61.7 Å². The van der Waals surface area contributed by atoms with E-state index in [9.17, 15) is 19.8 Å². The third-order valence-corrected chi connectivity index (χ3v) is 11.4. The van der Waals surface area contributed by atoms with Crippen LogP contribution in [0, 0.1) is 20.8 Å². The van der Waals surface area contributed by atoms with Gasteiger partial charge in [-0.2, -0.15) is 0 Å². The van der Waals surface area contributed by atoms with Gasteiger partial charge in [0.1, 0.15) is 0 Å². The van der Waals surface area contributed by atoms with Gasteiger partial charge in [0.25, 0.3) is 0 Å². The molecule has 1 saturated heterocycles. The van der Waals surface area contributed by atoms with Crippen LogP contribution in [0.2, 0.25) is 0 Å². The largest absolute Gasteiger partial charge is 4.00 e. The molecule has 3 atom stereocenters. The number of allylic oxidation sites excluding steroid dienone is 1. The minimum absolute atomic E-state index is 0. The smallest absolute Gasteiger partial charge is 0.674 e. The number of thiol groups is 1. The van der Waals surface area contributed by atoms with Crippen LogP contribution in [0.25, 0.3) is 29.6 Å².